The van der Waals surface area contributed by atoms with Gasteiger partial charge in [0.15, 0.2) is 0 Å². The number of rotatable bonds is 7. The molecule has 1 amide bonds. The number of hydrogen-bond donors (Lipinski definition) is 1. The number of allylic oxidation sites excluding steroid dienone is 1. The van der Waals surface area contributed by atoms with E-state index in [1.807, 2.05) is 87.2 Å². The van der Waals surface area contributed by atoms with Crippen LogP contribution in [0.4, 0.5) is 0 Å². The van der Waals surface area contributed by atoms with Gasteiger partial charge in [-0.15, -0.1) is 11.3 Å². The third-order valence-electron chi connectivity index (χ3n) is 6.56. The number of nitriles is 1. The highest BCUT2D eigenvalue weighted by molar-refractivity contribution is 7.07. The molecular weight excluding hydrogens is 480 g/mol. The summed E-state index contributed by atoms with van der Waals surface area (Å²) in [6.45, 7) is 9.25. The van der Waals surface area contributed by atoms with E-state index in [4.69, 9.17) is 5.73 Å². The van der Waals surface area contributed by atoms with Crippen molar-refractivity contribution in [2.24, 2.45) is 5.73 Å². The lowest BCUT2D eigenvalue weighted by atomic mass is 9.83. The summed E-state index contributed by atoms with van der Waals surface area (Å²) in [4.78, 5) is 29.6. The minimum atomic E-state index is -0.653. The second-order valence-corrected chi connectivity index (χ2v) is 10.5. The molecule has 2 aromatic carbocycles. The number of nitrogens with zero attached hydrogens (tertiary/aromatic N) is 3. The molecule has 0 saturated heterocycles. The highest BCUT2D eigenvalue weighted by atomic mass is 32.1. The molecule has 3 aromatic rings. The predicted octanol–water partition coefficient (Wildman–Crippen LogP) is 3.60. The Kier molecular flexibility index (Phi) is 7.80. The number of benzene rings is 2. The quantitative estimate of drug-likeness (QED) is 0.524. The van der Waals surface area contributed by atoms with Crippen molar-refractivity contribution in [2.45, 2.75) is 46.5 Å². The van der Waals surface area contributed by atoms with Crippen molar-refractivity contribution in [3.8, 4) is 6.07 Å². The van der Waals surface area contributed by atoms with E-state index >= 15 is 0 Å². The smallest absolute Gasteiger partial charge is 0.274 e. The van der Waals surface area contributed by atoms with Crippen LogP contribution >= 0.6 is 11.3 Å². The molecule has 0 spiro atoms. The third-order valence-corrected chi connectivity index (χ3v) is 7.67. The number of hydrogen-bond acceptors (Lipinski definition) is 5. The van der Waals surface area contributed by atoms with Gasteiger partial charge in [0, 0.05) is 13.1 Å². The molecule has 1 aliphatic rings. The van der Waals surface area contributed by atoms with Gasteiger partial charge in [-0.25, -0.2) is 0 Å². The van der Waals surface area contributed by atoms with Gasteiger partial charge in [0.2, 0.25) is 0 Å². The van der Waals surface area contributed by atoms with E-state index < -0.39 is 5.92 Å². The fourth-order valence-electron chi connectivity index (χ4n) is 4.69. The van der Waals surface area contributed by atoms with Crippen molar-refractivity contribution in [1.82, 2.24) is 9.47 Å². The first-order valence-corrected chi connectivity index (χ1v) is 13.4. The second kappa shape index (κ2) is 11.0. The van der Waals surface area contributed by atoms with E-state index in [1.54, 1.807) is 0 Å². The topological polar surface area (TPSA) is 92.1 Å². The van der Waals surface area contributed by atoms with E-state index in [2.05, 4.69) is 6.07 Å². The van der Waals surface area contributed by atoms with Gasteiger partial charge in [-0.05, 0) is 43.9 Å². The third kappa shape index (κ3) is 5.03. The number of fused-ring (bicyclic) bond motifs is 1. The van der Waals surface area contributed by atoms with Crippen LogP contribution in [0.15, 0.2) is 58.9 Å². The van der Waals surface area contributed by atoms with E-state index in [0.717, 1.165) is 35.1 Å². The Labute approximate surface area is 221 Å². The standard InChI is InChI=1S/C30H32N4O2S/c1-5-15-33(16-6-2)29(36)26-25(22-13-9-20(4)10-14-22)23(18-31)27(32)34-28(35)24(37-30(26)34)17-21-11-7-19(3)8-12-21/h7-14,17,25H,5-6,15-16,32H2,1-4H3/b24-17+. The van der Waals surface area contributed by atoms with Gasteiger partial charge in [0.25, 0.3) is 11.5 Å². The summed E-state index contributed by atoms with van der Waals surface area (Å²) in [6, 6.07) is 17.9. The van der Waals surface area contributed by atoms with Crippen LogP contribution in [-0.4, -0.2) is 28.5 Å². The van der Waals surface area contributed by atoms with Crippen molar-refractivity contribution in [1.29, 1.82) is 5.26 Å². The first kappa shape index (κ1) is 26.2. The van der Waals surface area contributed by atoms with Gasteiger partial charge in [0.1, 0.15) is 10.5 Å². The molecule has 2 N–H and O–H groups in total. The normalized spacial score (nSPS) is 15.5. The highest BCUT2D eigenvalue weighted by Gasteiger charge is 2.37. The van der Waals surface area contributed by atoms with Gasteiger partial charge in [-0.2, -0.15) is 5.26 Å². The maximum absolute atomic E-state index is 14.2. The van der Waals surface area contributed by atoms with Gasteiger partial charge in [-0.1, -0.05) is 73.5 Å². The number of aromatic nitrogens is 1. The SMILES string of the molecule is CCCN(CCC)C(=O)C1=c2s/c(=C/c3ccc(C)cc3)c(=O)n2C(N)=C(C#N)C1c1ccc(C)cc1. The summed E-state index contributed by atoms with van der Waals surface area (Å²) in [5, 5.41) is 10.2. The molecule has 0 fully saturated rings. The number of aryl methyl sites for hydroxylation is 2. The molecule has 190 valence electrons. The highest BCUT2D eigenvalue weighted by Crippen LogP contribution is 2.37. The molecule has 0 saturated carbocycles. The number of carbonyl (C=O) groups is 1. The number of amides is 1. The lowest BCUT2D eigenvalue weighted by molar-refractivity contribution is -0.125. The minimum absolute atomic E-state index is 0.0852. The lowest BCUT2D eigenvalue weighted by Crippen LogP contribution is -2.43. The molecule has 7 heteroatoms. The summed E-state index contributed by atoms with van der Waals surface area (Å²) in [6.07, 6.45) is 3.43. The van der Waals surface area contributed by atoms with Crippen LogP contribution in [0.1, 0.15) is 54.9 Å². The number of carbonyl (C=O) groups excluding carboxylic acids is 1. The van der Waals surface area contributed by atoms with E-state index in [9.17, 15) is 14.9 Å². The molecule has 1 aromatic heterocycles. The Bertz CT molecular complexity index is 1560. The monoisotopic (exact) mass is 512 g/mol. The Morgan fingerprint density at radius 2 is 1.62 bits per heavy atom. The van der Waals surface area contributed by atoms with Crippen molar-refractivity contribution in [2.75, 3.05) is 13.1 Å². The number of nitrogens with two attached hydrogens (primary N) is 1. The molecular formula is C30H32N4O2S. The van der Waals surface area contributed by atoms with Gasteiger partial charge >= 0.3 is 0 Å². The Hall–Kier alpha value is -3.89. The van der Waals surface area contributed by atoms with Crippen LogP contribution in [0.3, 0.4) is 0 Å². The van der Waals surface area contributed by atoms with Crippen LogP contribution in [0.25, 0.3) is 17.5 Å². The van der Waals surface area contributed by atoms with Crippen molar-refractivity contribution >= 4 is 34.7 Å². The minimum Gasteiger partial charge on any atom is -0.384 e. The molecule has 0 aliphatic carbocycles. The molecule has 37 heavy (non-hydrogen) atoms. The maximum atomic E-state index is 14.2. The Morgan fingerprint density at radius 1 is 1.05 bits per heavy atom. The number of thiazole rings is 1. The fourth-order valence-corrected chi connectivity index (χ4v) is 5.86. The molecule has 2 heterocycles. The Morgan fingerprint density at radius 3 is 2.16 bits per heavy atom. The molecule has 0 radical (unpaired) electrons. The average molecular weight is 513 g/mol. The van der Waals surface area contributed by atoms with Crippen LogP contribution in [0, 0.1) is 25.2 Å². The average Bonchev–Trinajstić information content (AvgIpc) is 3.21. The summed E-state index contributed by atoms with van der Waals surface area (Å²) in [5.41, 5.74) is 10.7. The van der Waals surface area contributed by atoms with Crippen LogP contribution in [0.2, 0.25) is 0 Å². The largest absolute Gasteiger partial charge is 0.384 e. The molecule has 4 rings (SSSR count). The summed E-state index contributed by atoms with van der Waals surface area (Å²) in [7, 11) is 0. The molecule has 1 unspecified atom stereocenters. The van der Waals surface area contributed by atoms with Crippen molar-refractivity contribution in [3.63, 3.8) is 0 Å². The maximum Gasteiger partial charge on any atom is 0.274 e. The van der Waals surface area contributed by atoms with Crippen molar-refractivity contribution < 1.29 is 4.79 Å². The lowest BCUT2D eigenvalue weighted by Gasteiger charge is -2.29. The zero-order valence-corrected chi connectivity index (χ0v) is 22.6. The van der Waals surface area contributed by atoms with E-state index in [1.165, 1.54) is 15.9 Å². The molecule has 1 aliphatic heterocycles. The zero-order valence-electron chi connectivity index (χ0n) is 21.7. The predicted molar refractivity (Wildman–Crippen MR) is 150 cm³/mol. The zero-order chi connectivity index (χ0) is 26.7. The summed E-state index contributed by atoms with van der Waals surface area (Å²) < 4.78 is 2.32. The van der Waals surface area contributed by atoms with Crippen LogP contribution < -0.4 is 20.5 Å². The first-order chi connectivity index (χ1) is 17.8. The van der Waals surface area contributed by atoms with E-state index in [0.29, 0.717) is 27.9 Å². The first-order valence-electron chi connectivity index (χ1n) is 12.6. The fraction of sp³-hybridized carbons (Fsp3) is 0.300. The van der Waals surface area contributed by atoms with Crippen LogP contribution in [0.5, 0.6) is 0 Å². The van der Waals surface area contributed by atoms with Crippen LogP contribution in [-0.2, 0) is 4.79 Å². The molecule has 0 bridgehead atoms. The van der Waals surface area contributed by atoms with Gasteiger partial charge < -0.3 is 10.6 Å². The van der Waals surface area contributed by atoms with Crippen molar-refractivity contribution in [3.05, 3.63) is 95.9 Å². The Balaban J connectivity index is 2.08. The van der Waals surface area contributed by atoms with E-state index in [-0.39, 0.29) is 22.9 Å². The second-order valence-electron chi connectivity index (χ2n) is 9.43. The summed E-state index contributed by atoms with van der Waals surface area (Å²) >= 11 is 1.26. The summed E-state index contributed by atoms with van der Waals surface area (Å²) in [5.74, 6) is -0.729. The van der Waals surface area contributed by atoms with Gasteiger partial charge in [0.05, 0.1) is 27.7 Å². The molecule has 1 atom stereocenters. The van der Waals surface area contributed by atoms with Gasteiger partial charge in [-0.3, -0.25) is 14.2 Å². The molecule has 6 nitrogen and oxygen atoms in total.